The van der Waals surface area contributed by atoms with E-state index in [4.69, 9.17) is 9.84 Å². The highest BCUT2D eigenvalue weighted by Gasteiger charge is 2.18. The van der Waals surface area contributed by atoms with E-state index in [1.807, 2.05) is 78.5 Å². The monoisotopic (exact) mass is 469 g/mol. The van der Waals surface area contributed by atoms with Gasteiger partial charge < -0.3 is 4.74 Å². The van der Waals surface area contributed by atoms with Crippen LogP contribution in [0.5, 0.6) is 5.75 Å². The van der Waals surface area contributed by atoms with Crippen LogP contribution < -0.4 is 14.8 Å². The number of fused-ring (bicyclic) bond motifs is 1. The zero-order valence-corrected chi connectivity index (χ0v) is 19.9. The second-order valence-electron chi connectivity index (χ2n) is 8.09. The maximum absolute atomic E-state index is 13.1. The van der Waals surface area contributed by atoms with Gasteiger partial charge in [-0.3, -0.25) is 4.79 Å². The zero-order chi connectivity index (χ0) is 23.8. The van der Waals surface area contributed by atoms with Crippen LogP contribution in [-0.4, -0.2) is 31.5 Å². The van der Waals surface area contributed by atoms with Gasteiger partial charge in [0.15, 0.2) is 5.82 Å². The molecule has 3 heterocycles. The third kappa shape index (κ3) is 3.92. The van der Waals surface area contributed by atoms with Crippen LogP contribution in [0.25, 0.3) is 28.1 Å². The Morgan fingerprint density at radius 1 is 1.12 bits per heavy atom. The smallest absolute Gasteiger partial charge is 0.291 e. The summed E-state index contributed by atoms with van der Waals surface area (Å²) in [7, 11) is 1.62. The van der Waals surface area contributed by atoms with Crippen molar-refractivity contribution in [3.05, 3.63) is 99.1 Å². The molecule has 1 atom stereocenters. The van der Waals surface area contributed by atoms with Gasteiger partial charge in [-0.2, -0.15) is 14.6 Å². The lowest BCUT2D eigenvalue weighted by Crippen LogP contribution is -2.23. The Morgan fingerprint density at radius 3 is 2.50 bits per heavy atom. The number of aromatic nitrogens is 5. The van der Waals surface area contributed by atoms with Crippen molar-refractivity contribution >= 4 is 22.4 Å². The van der Waals surface area contributed by atoms with E-state index < -0.39 is 0 Å². The van der Waals surface area contributed by atoms with Crippen LogP contribution in [0.1, 0.15) is 31.0 Å². The van der Waals surface area contributed by atoms with Crippen molar-refractivity contribution in [2.45, 2.75) is 19.8 Å². The minimum atomic E-state index is -0.200. The topological polar surface area (TPSA) is 74.3 Å². The van der Waals surface area contributed by atoms with Crippen LogP contribution >= 0.6 is 11.3 Å². The van der Waals surface area contributed by atoms with Crippen molar-refractivity contribution in [3.8, 4) is 22.8 Å². The lowest BCUT2D eigenvalue weighted by Gasteiger charge is -2.08. The summed E-state index contributed by atoms with van der Waals surface area (Å²) in [6, 6.07) is 17.3. The van der Waals surface area contributed by atoms with Gasteiger partial charge in [-0.25, -0.2) is 4.68 Å². The van der Waals surface area contributed by atoms with Crippen LogP contribution in [0, 0.1) is 0 Å². The maximum Gasteiger partial charge on any atom is 0.291 e. The Morgan fingerprint density at radius 2 is 1.85 bits per heavy atom. The summed E-state index contributed by atoms with van der Waals surface area (Å²) >= 11 is 1.31. The number of methoxy groups -OCH3 is 1. The number of allylic oxidation sites excluding steroid dienone is 1. The predicted octanol–water partition coefficient (Wildman–Crippen LogP) is 4.24. The molecule has 0 fully saturated rings. The third-order valence-electron chi connectivity index (χ3n) is 5.76. The summed E-state index contributed by atoms with van der Waals surface area (Å²) in [5.74, 6) is 1.29. The standard InChI is InChI=1S/C26H23N5O2S/c1-16(2)17(3)23-19(15-30(28-23)20-8-6-5-7-9-20)14-22-25(32)31-26(34-22)27-24(29-31)18-10-12-21(33-4)13-11-18/h5-15,17H,1H2,2-4H3. The van der Waals surface area contributed by atoms with Crippen molar-refractivity contribution in [1.82, 2.24) is 24.4 Å². The van der Waals surface area contributed by atoms with E-state index >= 15 is 0 Å². The molecule has 0 saturated carbocycles. The molecule has 0 spiro atoms. The lowest BCUT2D eigenvalue weighted by molar-refractivity contribution is 0.415. The van der Waals surface area contributed by atoms with Gasteiger partial charge in [0.05, 0.1) is 23.0 Å². The highest BCUT2D eigenvalue weighted by atomic mass is 32.1. The quantitative estimate of drug-likeness (QED) is 0.348. The highest BCUT2D eigenvalue weighted by Crippen LogP contribution is 2.26. The minimum Gasteiger partial charge on any atom is -0.497 e. The molecule has 0 aliphatic rings. The first-order chi connectivity index (χ1) is 16.4. The highest BCUT2D eigenvalue weighted by molar-refractivity contribution is 7.15. The van der Waals surface area contributed by atoms with Crippen LogP contribution in [-0.2, 0) is 0 Å². The number of benzene rings is 2. The minimum absolute atomic E-state index is 0.0372. The molecule has 0 aliphatic carbocycles. The number of thiazole rings is 1. The van der Waals surface area contributed by atoms with E-state index in [1.54, 1.807) is 7.11 Å². The second kappa shape index (κ2) is 8.72. The van der Waals surface area contributed by atoms with Crippen molar-refractivity contribution in [3.63, 3.8) is 0 Å². The molecule has 7 nitrogen and oxygen atoms in total. The van der Waals surface area contributed by atoms with Crippen molar-refractivity contribution in [2.75, 3.05) is 7.11 Å². The molecule has 0 aliphatic heterocycles. The van der Waals surface area contributed by atoms with E-state index in [-0.39, 0.29) is 11.5 Å². The largest absolute Gasteiger partial charge is 0.497 e. The zero-order valence-electron chi connectivity index (χ0n) is 19.1. The van der Waals surface area contributed by atoms with Crippen molar-refractivity contribution in [1.29, 1.82) is 0 Å². The number of para-hydroxylation sites is 1. The van der Waals surface area contributed by atoms with Gasteiger partial charge in [0.25, 0.3) is 5.56 Å². The summed E-state index contributed by atoms with van der Waals surface area (Å²) in [6.07, 6.45) is 3.82. The summed E-state index contributed by atoms with van der Waals surface area (Å²) in [5.41, 5.74) is 4.32. The number of hydrogen-bond donors (Lipinski definition) is 0. The maximum atomic E-state index is 13.1. The molecule has 8 heteroatoms. The molecule has 0 N–H and O–H groups in total. The number of nitrogens with zero attached hydrogens (tertiary/aromatic N) is 5. The van der Waals surface area contributed by atoms with Gasteiger partial charge >= 0.3 is 0 Å². The van der Waals surface area contributed by atoms with E-state index in [0.717, 1.165) is 33.8 Å². The van der Waals surface area contributed by atoms with Gasteiger partial charge in [-0.05, 0) is 49.4 Å². The van der Waals surface area contributed by atoms with Crippen LogP contribution in [0.3, 0.4) is 0 Å². The van der Waals surface area contributed by atoms with E-state index in [9.17, 15) is 4.79 Å². The normalized spacial score (nSPS) is 12.9. The number of ether oxygens (including phenoxy) is 1. The van der Waals surface area contributed by atoms with Gasteiger partial charge in [0.1, 0.15) is 5.75 Å². The third-order valence-corrected chi connectivity index (χ3v) is 6.72. The molecule has 34 heavy (non-hydrogen) atoms. The van der Waals surface area contributed by atoms with Gasteiger partial charge in [0.2, 0.25) is 4.96 Å². The molecule has 0 radical (unpaired) electrons. The molecular formula is C26H23N5O2S. The fourth-order valence-corrected chi connectivity index (χ4v) is 4.53. The Balaban J connectivity index is 1.59. The predicted molar refractivity (Wildman–Crippen MR) is 135 cm³/mol. The number of rotatable bonds is 6. The average Bonchev–Trinajstić information content (AvgIpc) is 3.54. The van der Waals surface area contributed by atoms with Crippen molar-refractivity contribution < 1.29 is 4.74 Å². The molecule has 3 aromatic heterocycles. The number of hydrogen-bond acceptors (Lipinski definition) is 6. The summed E-state index contributed by atoms with van der Waals surface area (Å²) in [6.45, 7) is 8.15. The second-order valence-corrected chi connectivity index (χ2v) is 9.10. The average molecular weight is 470 g/mol. The fraction of sp³-hybridized carbons (Fsp3) is 0.154. The molecular weight excluding hydrogens is 446 g/mol. The molecule has 5 rings (SSSR count). The van der Waals surface area contributed by atoms with Gasteiger partial charge in [0, 0.05) is 23.2 Å². The van der Waals surface area contributed by atoms with E-state index in [1.165, 1.54) is 15.9 Å². The van der Waals surface area contributed by atoms with Crippen LogP contribution in [0.15, 0.2) is 77.7 Å². The Hall–Kier alpha value is -4.04. The lowest BCUT2D eigenvalue weighted by atomic mass is 9.97. The first-order valence-corrected chi connectivity index (χ1v) is 11.6. The summed E-state index contributed by atoms with van der Waals surface area (Å²) in [4.78, 5) is 18.3. The first kappa shape index (κ1) is 21.8. The fourth-order valence-electron chi connectivity index (χ4n) is 3.63. The van der Waals surface area contributed by atoms with Gasteiger partial charge in [-0.1, -0.05) is 48.6 Å². The Bertz CT molecular complexity index is 1600. The molecule has 5 aromatic rings. The van der Waals surface area contributed by atoms with Crippen LogP contribution in [0.4, 0.5) is 0 Å². The molecule has 1 unspecified atom stereocenters. The van der Waals surface area contributed by atoms with Gasteiger partial charge in [-0.15, -0.1) is 5.10 Å². The van der Waals surface area contributed by atoms with E-state index in [2.05, 4.69) is 23.6 Å². The Labute approximate surface area is 200 Å². The molecule has 170 valence electrons. The summed E-state index contributed by atoms with van der Waals surface area (Å²) in [5, 5.41) is 9.26. The Kier molecular flexibility index (Phi) is 5.59. The first-order valence-electron chi connectivity index (χ1n) is 10.8. The SMILES string of the molecule is C=C(C)C(C)c1nn(-c2ccccc2)cc1C=c1sc2nc(-c3ccc(OC)cc3)nn2c1=O. The molecule has 2 aromatic carbocycles. The van der Waals surface area contributed by atoms with Crippen LogP contribution in [0.2, 0.25) is 0 Å². The molecule has 0 amide bonds. The van der Waals surface area contributed by atoms with E-state index in [0.29, 0.717) is 15.3 Å². The van der Waals surface area contributed by atoms with Crippen molar-refractivity contribution in [2.24, 2.45) is 0 Å². The molecule has 0 bridgehead atoms. The molecule has 0 saturated heterocycles. The summed E-state index contributed by atoms with van der Waals surface area (Å²) < 4.78 is 8.95.